The van der Waals surface area contributed by atoms with Gasteiger partial charge in [-0.05, 0) is 20.8 Å². The van der Waals surface area contributed by atoms with E-state index in [2.05, 4.69) is 5.32 Å². The molecule has 0 aromatic heterocycles. The summed E-state index contributed by atoms with van der Waals surface area (Å²) < 4.78 is 0. The highest BCUT2D eigenvalue weighted by Crippen LogP contribution is 1.77. The predicted molar refractivity (Wildman–Crippen MR) is 37.2 cm³/mol. The molecule has 0 aliphatic rings. The van der Waals surface area contributed by atoms with Crippen molar-refractivity contribution in [1.29, 1.82) is 0 Å². The molecule has 0 aromatic rings. The van der Waals surface area contributed by atoms with E-state index in [4.69, 9.17) is 5.11 Å². The minimum atomic E-state index is -0.375. The average Bonchev–Trinajstić information content (AvgIpc) is 1.27. The summed E-state index contributed by atoms with van der Waals surface area (Å²) in [6, 6.07) is 0.375. The second-order valence-corrected chi connectivity index (χ2v) is 2.00. The molecule has 0 amide bonds. The van der Waals surface area contributed by atoms with Crippen molar-refractivity contribution >= 4 is 12.4 Å². The topological polar surface area (TPSA) is 32.3 Å². The van der Waals surface area contributed by atoms with E-state index in [1.165, 1.54) is 0 Å². The van der Waals surface area contributed by atoms with Gasteiger partial charge in [0.05, 0.1) is 0 Å². The van der Waals surface area contributed by atoms with Gasteiger partial charge in [-0.2, -0.15) is 0 Å². The molecule has 0 fully saturated rings. The van der Waals surface area contributed by atoms with Crippen LogP contribution in [-0.2, 0) is 0 Å². The number of hydrogen-bond acceptors (Lipinski definition) is 2. The van der Waals surface area contributed by atoms with Crippen LogP contribution in [0.2, 0.25) is 0 Å². The van der Waals surface area contributed by atoms with Crippen LogP contribution in [0.1, 0.15) is 20.8 Å². The molecular weight excluding hydrogens is 126 g/mol. The van der Waals surface area contributed by atoms with Gasteiger partial charge in [-0.25, -0.2) is 0 Å². The summed E-state index contributed by atoms with van der Waals surface area (Å²) in [5, 5.41) is 11.5. The number of nitrogens with one attached hydrogen (secondary N) is 1. The molecule has 8 heavy (non-hydrogen) atoms. The molecule has 2 N–H and O–H groups in total. The fourth-order valence-corrected chi connectivity index (χ4v) is 0.482. The minimum Gasteiger partial charge on any atom is -0.379 e. The summed E-state index contributed by atoms with van der Waals surface area (Å²) in [5.74, 6) is 0. The molecule has 0 aliphatic heterocycles. The molecule has 1 unspecified atom stereocenters. The standard InChI is InChI=1S/C5H13NO.ClH/c1-4(2)6-5(3)7;/h4-7H,1-3H3;1H. The van der Waals surface area contributed by atoms with Gasteiger partial charge in [0.2, 0.25) is 0 Å². The Balaban J connectivity index is 0. The first-order valence-electron chi connectivity index (χ1n) is 2.57. The monoisotopic (exact) mass is 139 g/mol. The molecule has 3 heteroatoms. The SMILES string of the molecule is CC(C)NC(C)O.Cl. The van der Waals surface area contributed by atoms with E-state index in [0.717, 1.165) is 0 Å². The first-order chi connectivity index (χ1) is 3.13. The van der Waals surface area contributed by atoms with Crippen molar-refractivity contribution in [3.05, 3.63) is 0 Å². The van der Waals surface area contributed by atoms with Crippen molar-refractivity contribution in [3.8, 4) is 0 Å². The van der Waals surface area contributed by atoms with E-state index >= 15 is 0 Å². The Hall–Kier alpha value is 0.210. The molecule has 0 rings (SSSR count). The Kier molecular flexibility index (Phi) is 7.40. The highest BCUT2D eigenvalue weighted by atomic mass is 35.5. The Labute approximate surface area is 56.7 Å². The van der Waals surface area contributed by atoms with Crippen LogP contribution < -0.4 is 5.32 Å². The van der Waals surface area contributed by atoms with Gasteiger partial charge in [0, 0.05) is 6.04 Å². The fourth-order valence-electron chi connectivity index (χ4n) is 0.482. The lowest BCUT2D eigenvalue weighted by Crippen LogP contribution is -2.31. The van der Waals surface area contributed by atoms with Crippen molar-refractivity contribution < 1.29 is 5.11 Å². The van der Waals surface area contributed by atoms with Crippen molar-refractivity contribution in [2.24, 2.45) is 0 Å². The van der Waals surface area contributed by atoms with Crippen LogP contribution in [0.4, 0.5) is 0 Å². The summed E-state index contributed by atoms with van der Waals surface area (Å²) >= 11 is 0. The van der Waals surface area contributed by atoms with Gasteiger partial charge in [0.15, 0.2) is 0 Å². The van der Waals surface area contributed by atoms with E-state index in [0.29, 0.717) is 6.04 Å². The Morgan fingerprint density at radius 2 is 1.62 bits per heavy atom. The van der Waals surface area contributed by atoms with Gasteiger partial charge in [0.25, 0.3) is 0 Å². The smallest absolute Gasteiger partial charge is 0.102 e. The molecule has 52 valence electrons. The van der Waals surface area contributed by atoms with Crippen LogP contribution in [0, 0.1) is 0 Å². The van der Waals surface area contributed by atoms with Crippen LogP contribution in [0.5, 0.6) is 0 Å². The van der Waals surface area contributed by atoms with Crippen molar-refractivity contribution in [1.82, 2.24) is 5.32 Å². The van der Waals surface area contributed by atoms with Gasteiger partial charge < -0.3 is 5.11 Å². The van der Waals surface area contributed by atoms with Crippen LogP contribution in [0.3, 0.4) is 0 Å². The van der Waals surface area contributed by atoms with Gasteiger partial charge in [-0.1, -0.05) is 0 Å². The molecule has 0 bridgehead atoms. The van der Waals surface area contributed by atoms with E-state index in [9.17, 15) is 0 Å². The first kappa shape index (κ1) is 11.1. The first-order valence-corrected chi connectivity index (χ1v) is 2.57. The molecule has 0 aromatic carbocycles. The molecular formula is C5H14ClNO. The van der Waals surface area contributed by atoms with Crippen LogP contribution in [0.25, 0.3) is 0 Å². The molecule has 0 saturated heterocycles. The largest absolute Gasteiger partial charge is 0.379 e. The van der Waals surface area contributed by atoms with Gasteiger partial charge in [-0.3, -0.25) is 5.32 Å². The maximum absolute atomic E-state index is 8.61. The molecule has 1 atom stereocenters. The number of rotatable bonds is 2. The molecule has 0 saturated carbocycles. The number of hydrogen-bond donors (Lipinski definition) is 2. The summed E-state index contributed by atoms with van der Waals surface area (Å²) in [6.45, 7) is 5.69. The van der Waals surface area contributed by atoms with Crippen molar-refractivity contribution in [2.45, 2.75) is 33.0 Å². The lowest BCUT2D eigenvalue weighted by molar-refractivity contribution is 0.146. The average molecular weight is 140 g/mol. The molecule has 0 heterocycles. The zero-order valence-electron chi connectivity index (χ0n) is 5.51. The van der Waals surface area contributed by atoms with Crippen molar-refractivity contribution in [3.63, 3.8) is 0 Å². The molecule has 0 radical (unpaired) electrons. The lowest BCUT2D eigenvalue weighted by atomic mass is 10.4. The second-order valence-electron chi connectivity index (χ2n) is 2.00. The third kappa shape index (κ3) is 9.51. The Morgan fingerprint density at radius 1 is 1.25 bits per heavy atom. The second kappa shape index (κ2) is 5.35. The Bertz CT molecular complexity index is 41.7. The summed E-state index contributed by atoms with van der Waals surface area (Å²) in [6.07, 6.45) is -0.375. The van der Waals surface area contributed by atoms with Gasteiger partial charge in [-0.15, -0.1) is 12.4 Å². The van der Waals surface area contributed by atoms with E-state index in [1.54, 1.807) is 6.92 Å². The normalized spacial score (nSPS) is 13.1. The third-order valence-electron chi connectivity index (χ3n) is 0.575. The Morgan fingerprint density at radius 3 is 1.62 bits per heavy atom. The highest BCUT2D eigenvalue weighted by Gasteiger charge is 1.93. The van der Waals surface area contributed by atoms with Crippen LogP contribution >= 0.6 is 12.4 Å². The maximum Gasteiger partial charge on any atom is 0.102 e. The van der Waals surface area contributed by atoms with Gasteiger partial charge in [0.1, 0.15) is 6.23 Å². The van der Waals surface area contributed by atoms with Crippen LogP contribution in [0.15, 0.2) is 0 Å². The molecule has 0 spiro atoms. The molecule has 0 aliphatic carbocycles. The minimum absolute atomic E-state index is 0. The van der Waals surface area contributed by atoms with Gasteiger partial charge >= 0.3 is 0 Å². The third-order valence-corrected chi connectivity index (χ3v) is 0.575. The summed E-state index contributed by atoms with van der Waals surface area (Å²) in [5.41, 5.74) is 0. The van der Waals surface area contributed by atoms with Crippen molar-refractivity contribution in [2.75, 3.05) is 0 Å². The summed E-state index contributed by atoms with van der Waals surface area (Å²) in [7, 11) is 0. The molecule has 2 nitrogen and oxygen atoms in total. The maximum atomic E-state index is 8.61. The van der Waals surface area contributed by atoms with E-state index in [-0.39, 0.29) is 18.6 Å². The zero-order valence-corrected chi connectivity index (χ0v) is 6.33. The van der Waals surface area contributed by atoms with E-state index in [1.807, 2.05) is 13.8 Å². The number of aliphatic hydroxyl groups is 1. The fraction of sp³-hybridized carbons (Fsp3) is 1.00. The zero-order chi connectivity index (χ0) is 5.86. The number of halogens is 1. The van der Waals surface area contributed by atoms with E-state index < -0.39 is 0 Å². The predicted octanol–water partition coefficient (Wildman–Crippen LogP) is 0.744. The quantitative estimate of drug-likeness (QED) is 0.554. The van der Waals surface area contributed by atoms with Crippen LogP contribution in [-0.4, -0.2) is 17.4 Å². The number of aliphatic hydroxyl groups excluding tert-OH is 1. The lowest BCUT2D eigenvalue weighted by Gasteiger charge is -2.09. The highest BCUT2D eigenvalue weighted by molar-refractivity contribution is 5.85. The summed E-state index contributed by atoms with van der Waals surface area (Å²) in [4.78, 5) is 0.